The number of alkyl halides is 3. The standard InChI is InChI=1S/C13H6F5NOS/c14-8-1-2-11(9(15)4-8)21-12-3-7(13(16,17)18)5-19-10(12)6-20/h1-6H. The highest BCUT2D eigenvalue weighted by atomic mass is 32.2. The maximum atomic E-state index is 13.5. The number of nitrogens with zero attached hydrogens (tertiary/aromatic N) is 1. The fourth-order valence-electron chi connectivity index (χ4n) is 1.46. The molecule has 0 aliphatic heterocycles. The molecule has 0 radical (unpaired) electrons. The normalized spacial score (nSPS) is 11.5. The number of hydrogen-bond donors (Lipinski definition) is 0. The van der Waals surface area contributed by atoms with E-state index in [0.29, 0.717) is 30.1 Å². The first-order valence-corrected chi connectivity index (χ1v) is 6.28. The van der Waals surface area contributed by atoms with E-state index < -0.39 is 23.4 Å². The van der Waals surface area contributed by atoms with Crippen molar-refractivity contribution in [1.82, 2.24) is 4.98 Å². The number of rotatable bonds is 3. The van der Waals surface area contributed by atoms with Crippen molar-refractivity contribution in [2.24, 2.45) is 0 Å². The summed E-state index contributed by atoms with van der Waals surface area (Å²) in [6, 6.07) is 3.34. The zero-order valence-electron chi connectivity index (χ0n) is 10.1. The van der Waals surface area contributed by atoms with Crippen molar-refractivity contribution in [3.63, 3.8) is 0 Å². The first-order valence-electron chi connectivity index (χ1n) is 5.46. The van der Waals surface area contributed by atoms with Crippen molar-refractivity contribution in [1.29, 1.82) is 0 Å². The van der Waals surface area contributed by atoms with Gasteiger partial charge in [0.05, 0.1) is 5.56 Å². The third kappa shape index (κ3) is 3.57. The van der Waals surface area contributed by atoms with Crippen LogP contribution in [0.4, 0.5) is 22.0 Å². The number of aldehydes is 1. The van der Waals surface area contributed by atoms with Gasteiger partial charge in [-0.3, -0.25) is 9.78 Å². The summed E-state index contributed by atoms with van der Waals surface area (Å²) < 4.78 is 64.1. The number of hydrogen-bond acceptors (Lipinski definition) is 3. The van der Waals surface area contributed by atoms with Gasteiger partial charge in [-0.25, -0.2) is 8.78 Å². The summed E-state index contributed by atoms with van der Waals surface area (Å²) >= 11 is 0.569. The van der Waals surface area contributed by atoms with Crippen molar-refractivity contribution in [2.75, 3.05) is 0 Å². The highest BCUT2D eigenvalue weighted by Gasteiger charge is 2.31. The predicted octanol–water partition coefficient (Wildman–Crippen LogP) is 4.34. The van der Waals surface area contributed by atoms with Gasteiger partial charge < -0.3 is 0 Å². The number of carbonyl (C=O) groups is 1. The quantitative estimate of drug-likeness (QED) is 0.622. The maximum absolute atomic E-state index is 13.5. The number of benzene rings is 1. The van der Waals surface area contributed by atoms with Crippen LogP contribution in [0.15, 0.2) is 40.3 Å². The van der Waals surface area contributed by atoms with Gasteiger partial charge in [0.1, 0.15) is 17.3 Å². The van der Waals surface area contributed by atoms with Crippen LogP contribution in [0.25, 0.3) is 0 Å². The summed E-state index contributed by atoms with van der Waals surface area (Å²) in [5.74, 6) is -1.75. The molecular weight excluding hydrogens is 313 g/mol. The average Bonchev–Trinajstić information content (AvgIpc) is 2.41. The van der Waals surface area contributed by atoms with Gasteiger partial charge in [-0.15, -0.1) is 0 Å². The first-order chi connectivity index (χ1) is 9.81. The Morgan fingerprint density at radius 2 is 1.81 bits per heavy atom. The Bertz CT molecular complexity index is 687. The fraction of sp³-hybridized carbons (Fsp3) is 0.0769. The van der Waals surface area contributed by atoms with Crippen LogP contribution in [-0.2, 0) is 6.18 Å². The van der Waals surface area contributed by atoms with E-state index in [2.05, 4.69) is 4.98 Å². The van der Waals surface area contributed by atoms with Crippen LogP contribution >= 0.6 is 11.8 Å². The van der Waals surface area contributed by atoms with Gasteiger partial charge in [0.2, 0.25) is 0 Å². The Morgan fingerprint density at radius 1 is 1.10 bits per heavy atom. The Kier molecular flexibility index (Phi) is 4.26. The summed E-state index contributed by atoms with van der Waals surface area (Å²) in [7, 11) is 0. The van der Waals surface area contributed by atoms with Crippen LogP contribution in [0.2, 0.25) is 0 Å². The minimum absolute atomic E-state index is 0.111. The molecule has 0 spiro atoms. The van der Waals surface area contributed by atoms with Gasteiger partial charge in [-0.1, -0.05) is 11.8 Å². The Morgan fingerprint density at radius 3 is 2.38 bits per heavy atom. The van der Waals surface area contributed by atoms with Crippen molar-refractivity contribution >= 4 is 18.0 Å². The summed E-state index contributed by atoms with van der Waals surface area (Å²) in [5.41, 5.74) is -1.31. The van der Waals surface area contributed by atoms with E-state index in [9.17, 15) is 26.7 Å². The van der Waals surface area contributed by atoms with E-state index in [1.807, 2.05) is 0 Å². The van der Waals surface area contributed by atoms with Crippen molar-refractivity contribution < 1.29 is 26.7 Å². The van der Waals surface area contributed by atoms with Crippen LogP contribution in [0.3, 0.4) is 0 Å². The minimum Gasteiger partial charge on any atom is -0.296 e. The molecular formula is C13H6F5NOS. The second kappa shape index (κ2) is 5.80. The van der Waals surface area contributed by atoms with Gasteiger partial charge in [0.15, 0.2) is 6.29 Å². The molecule has 2 rings (SSSR count). The molecule has 1 aromatic carbocycles. The van der Waals surface area contributed by atoms with Crippen molar-refractivity contribution in [3.8, 4) is 0 Å². The van der Waals surface area contributed by atoms with Crippen LogP contribution in [0, 0.1) is 11.6 Å². The van der Waals surface area contributed by atoms with Gasteiger partial charge in [0, 0.05) is 22.1 Å². The maximum Gasteiger partial charge on any atom is 0.417 e. The summed E-state index contributed by atoms with van der Waals surface area (Å²) in [5, 5.41) is 0. The third-order valence-corrected chi connectivity index (χ3v) is 3.53. The van der Waals surface area contributed by atoms with Crippen LogP contribution in [-0.4, -0.2) is 11.3 Å². The Hall–Kier alpha value is -1.96. The average molecular weight is 319 g/mol. The number of aromatic nitrogens is 1. The molecule has 0 saturated carbocycles. The number of carbonyl (C=O) groups excluding carboxylic acids is 1. The van der Waals surface area contributed by atoms with E-state index in [1.54, 1.807) is 0 Å². The number of halogens is 5. The molecule has 2 nitrogen and oxygen atoms in total. The lowest BCUT2D eigenvalue weighted by molar-refractivity contribution is -0.138. The molecule has 0 unspecified atom stereocenters. The zero-order chi connectivity index (χ0) is 15.6. The highest BCUT2D eigenvalue weighted by molar-refractivity contribution is 7.99. The lowest BCUT2D eigenvalue weighted by atomic mass is 10.2. The molecule has 0 amide bonds. The highest BCUT2D eigenvalue weighted by Crippen LogP contribution is 2.36. The summed E-state index contributed by atoms with van der Waals surface area (Å²) in [4.78, 5) is 13.9. The largest absolute Gasteiger partial charge is 0.417 e. The summed E-state index contributed by atoms with van der Waals surface area (Å²) in [6.45, 7) is 0. The topological polar surface area (TPSA) is 30.0 Å². The van der Waals surface area contributed by atoms with E-state index in [0.717, 1.165) is 12.1 Å². The molecule has 1 aromatic heterocycles. The van der Waals surface area contributed by atoms with E-state index in [-0.39, 0.29) is 21.8 Å². The molecule has 0 bridgehead atoms. The van der Waals surface area contributed by atoms with Crippen LogP contribution in [0.5, 0.6) is 0 Å². The molecule has 0 fully saturated rings. The van der Waals surface area contributed by atoms with Gasteiger partial charge in [-0.05, 0) is 18.2 Å². The minimum atomic E-state index is -4.63. The van der Waals surface area contributed by atoms with Crippen LogP contribution < -0.4 is 0 Å². The molecule has 110 valence electrons. The SMILES string of the molecule is O=Cc1ncc(C(F)(F)F)cc1Sc1ccc(F)cc1F. The zero-order valence-corrected chi connectivity index (χ0v) is 10.9. The Balaban J connectivity index is 2.44. The van der Waals surface area contributed by atoms with Gasteiger partial charge >= 0.3 is 6.18 Å². The van der Waals surface area contributed by atoms with Gasteiger partial charge in [-0.2, -0.15) is 13.2 Å². The monoisotopic (exact) mass is 319 g/mol. The van der Waals surface area contributed by atoms with Crippen LogP contribution in [0.1, 0.15) is 16.1 Å². The molecule has 8 heteroatoms. The van der Waals surface area contributed by atoms with Crippen molar-refractivity contribution in [3.05, 3.63) is 53.4 Å². The molecule has 0 aliphatic carbocycles. The lowest BCUT2D eigenvalue weighted by Crippen LogP contribution is -2.07. The van der Waals surface area contributed by atoms with Gasteiger partial charge in [0.25, 0.3) is 0 Å². The molecule has 2 aromatic rings. The second-order valence-electron chi connectivity index (χ2n) is 3.90. The van der Waals surface area contributed by atoms with E-state index >= 15 is 0 Å². The second-order valence-corrected chi connectivity index (χ2v) is 4.98. The fourth-order valence-corrected chi connectivity index (χ4v) is 2.38. The molecule has 0 N–H and O–H groups in total. The van der Waals surface area contributed by atoms with E-state index in [4.69, 9.17) is 0 Å². The third-order valence-electron chi connectivity index (χ3n) is 2.43. The Labute approximate surface area is 120 Å². The smallest absolute Gasteiger partial charge is 0.296 e. The molecule has 1 heterocycles. The molecule has 0 saturated heterocycles. The van der Waals surface area contributed by atoms with E-state index in [1.165, 1.54) is 0 Å². The first kappa shape index (κ1) is 15.4. The molecule has 0 atom stereocenters. The summed E-state index contributed by atoms with van der Waals surface area (Å²) in [6.07, 6.45) is -3.84. The molecule has 0 aliphatic rings. The predicted molar refractivity (Wildman–Crippen MR) is 65.1 cm³/mol. The lowest BCUT2D eigenvalue weighted by Gasteiger charge is -2.10. The van der Waals surface area contributed by atoms with Crippen molar-refractivity contribution in [2.45, 2.75) is 16.0 Å². The number of pyridine rings is 1. The molecule has 21 heavy (non-hydrogen) atoms.